The van der Waals surface area contributed by atoms with Gasteiger partial charge in [0.05, 0.1) is 0 Å². The van der Waals surface area contributed by atoms with Crippen molar-refractivity contribution < 1.29 is 4.79 Å². The fourth-order valence-electron chi connectivity index (χ4n) is 2.57. The summed E-state index contributed by atoms with van der Waals surface area (Å²) in [5.41, 5.74) is 2.78. The topological polar surface area (TPSA) is 45.2 Å². The predicted octanol–water partition coefficient (Wildman–Crippen LogP) is 2.55. The van der Waals surface area contributed by atoms with Crippen molar-refractivity contribution in [2.24, 2.45) is 0 Å². The molecule has 1 saturated heterocycles. The van der Waals surface area contributed by atoms with Crippen LogP contribution in [-0.2, 0) is 0 Å². The zero-order chi connectivity index (χ0) is 14.8. The van der Waals surface area contributed by atoms with E-state index in [2.05, 4.69) is 17.2 Å². The van der Waals surface area contributed by atoms with E-state index >= 15 is 0 Å². The Balaban J connectivity index is 1.84. The average molecular weight is 301 g/mol. The quantitative estimate of drug-likeness (QED) is 0.927. The zero-order valence-electron chi connectivity index (χ0n) is 12.3. The largest absolute Gasteiger partial charge is 0.336 e. The molecule has 1 fully saturated rings. The van der Waals surface area contributed by atoms with E-state index in [1.54, 1.807) is 11.3 Å². The van der Waals surface area contributed by atoms with Crippen LogP contribution in [0.4, 0.5) is 0 Å². The minimum Gasteiger partial charge on any atom is -0.336 e. The number of hydrogen-bond acceptors (Lipinski definition) is 4. The van der Waals surface area contributed by atoms with Gasteiger partial charge in [0, 0.05) is 47.9 Å². The van der Waals surface area contributed by atoms with Crippen molar-refractivity contribution in [2.75, 3.05) is 19.6 Å². The molecule has 110 valence electrons. The van der Waals surface area contributed by atoms with Crippen LogP contribution in [0.1, 0.15) is 23.0 Å². The summed E-state index contributed by atoms with van der Waals surface area (Å²) in [6.07, 6.45) is 0. The fraction of sp³-hybridized carbons (Fsp3) is 0.375. The summed E-state index contributed by atoms with van der Waals surface area (Å²) >= 11 is 1.61. The Hall–Kier alpha value is -1.72. The number of carbonyl (C=O) groups excluding carboxylic acids is 1. The van der Waals surface area contributed by atoms with Gasteiger partial charge in [-0.3, -0.25) is 4.79 Å². The molecule has 1 N–H and O–H groups in total. The number of piperazine rings is 1. The second-order valence-electron chi connectivity index (χ2n) is 5.48. The summed E-state index contributed by atoms with van der Waals surface area (Å²) in [5, 5.41) is 6.35. The lowest BCUT2D eigenvalue weighted by Crippen LogP contribution is -2.51. The number of amides is 1. The lowest BCUT2D eigenvalue weighted by Gasteiger charge is -2.32. The van der Waals surface area contributed by atoms with Gasteiger partial charge in [-0.15, -0.1) is 11.3 Å². The maximum absolute atomic E-state index is 12.6. The van der Waals surface area contributed by atoms with E-state index in [1.165, 1.54) is 0 Å². The molecule has 0 spiro atoms. The van der Waals surface area contributed by atoms with E-state index in [4.69, 9.17) is 0 Å². The van der Waals surface area contributed by atoms with Gasteiger partial charge < -0.3 is 10.2 Å². The molecule has 5 heteroatoms. The highest BCUT2D eigenvalue weighted by atomic mass is 32.1. The molecule has 4 nitrogen and oxygen atoms in total. The van der Waals surface area contributed by atoms with Crippen LogP contribution in [0.5, 0.6) is 0 Å². The van der Waals surface area contributed by atoms with Crippen LogP contribution < -0.4 is 5.32 Å². The maximum Gasteiger partial charge on any atom is 0.253 e. The van der Waals surface area contributed by atoms with Crippen molar-refractivity contribution in [2.45, 2.75) is 19.9 Å². The standard InChI is InChI=1S/C16H19N3OS/c1-11-9-19(7-6-17-11)16(20)14-5-3-4-13(8-14)15-18-12(2)10-21-15/h3-5,8,10-11,17H,6-7,9H2,1-2H3/t11-/m0/s1. The molecule has 1 atom stereocenters. The third kappa shape index (κ3) is 3.14. The van der Waals surface area contributed by atoms with E-state index in [9.17, 15) is 4.79 Å². The molecule has 0 radical (unpaired) electrons. The van der Waals surface area contributed by atoms with Gasteiger partial charge in [-0.1, -0.05) is 12.1 Å². The Morgan fingerprint density at radius 3 is 3.05 bits per heavy atom. The van der Waals surface area contributed by atoms with Crippen molar-refractivity contribution in [1.82, 2.24) is 15.2 Å². The highest BCUT2D eigenvalue weighted by Crippen LogP contribution is 2.24. The number of aromatic nitrogens is 1. The van der Waals surface area contributed by atoms with Gasteiger partial charge in [-0.05, 0) is 26.0 Å². The molecule has 21 heavy (non-hydrogen) atoms. The Labute approximate surface area is 128 Å². The molecule has 0 bridgehead atoms. The van der Waals surface area contributed by atoms with Crippen LogP contribution in [0.15, 0.2) is 29.6 Å². The van der Waals surface area contributed by atoms with E-state index in [0.29, 0.717) is 6.04 Å². The average Bonchev–Trinajstić information content (AvgIpc) is 2.93. The van der Waals surface area contributed by atoms with Crippen LogP contribution in [0.25, 0.3) is 10.6 Å². The number of nitrogens with one attached hydrogen (secondary N) is 1. The Morgan fingerprint density at radius 1 is 1.48 bits per heavy atom. The SMILES string of the molecule is Cc1csc(-c2cccc(C(=O)N3CCN[C@@H](C)C3)c2)n1. The van der Waals surface area contributed by atoms with Gasteiger partial charge in [0.15, 0.2) is 0 Å². The third-order valence-electron chi connectivity index (χ3n) is 3.63. The molecular weight excluding hydrogens is 282 g/mol. The summed E-state index contributed by atoms with van der Waals surface area (Å²) in [4.78, 5) is 19.0. The van der Waals surface area contributed by atoms with Crippen LogP contribution in [0, 0.1) is 6.92 Å². The maximum atomic E-state index is 12.6. The van der Waals surface area contributed by atoms with Gasteiger partial charge in [0.2, 0.25) is 0 Å². The Kier molecular flexibility index (Phi) is 4.03. The smallest absolute Gasteiger partial charge is 0.253 e. The molecule has 0 aliphatic carbocycles. The Bertz CT molecular complexity index is 652. The fourth-order valence-corrected chi connectivity index (χ4v) is 3.37. The molecule has 1 aromatic carbocycles. The van der Waals surface area contributed by atoms with E-state index < -0.39 is 0 Å². The minimum absolute atomic E-state index is 0.110. The summed E-state index contributed by atoms with van der Waals surface area (Å²) in [7, 11) is 0. The summed E-state index contributed by atoms with van der Waals surface area (Å²) in [5.74, 6) is 0.110. The van der Waals surface area contributed by atoms with Crippen LogP contribution in [0.3, 0.4) is 0 Å². The highest BCUT2D eigenvalue weighted by Gasteiger charge is 2.21. The molecule has 0 unspecified atom stereocenters. The molecule has 1 amide bonds. The summed E-state index contributed by atoms with van der Waals surface area (Å²) in [6, 6.07) is 8.14. The van der Waals surface area contributed by atoms with Gasteiger partial charge in [0.25, 0.3) is 5.91 Å². The van der Waals surface area contributed by atoms with Crippen LogP contribution >= 0.6 is 11.3 Å². The molecule has 2 heterocycles. The highest BCUT2D eigenvalue weighted by molar-refractivity contribution is 7.13. The van der Waals surface area contributed by atoms with Crippen molar-refractivity contribution in [3.63, 3.8) is 0 Å². The van der Waals surface area contributed by atoms with E-state index in [0.717, 1.165) is 41.5 Å². The van der Waals surface area contributed by atoms with Crippen LogP contribution in [0.2, 0.25) is 0 Å². The van der Waals surface area contributed by atoms with Crippen molar-refractivity contribution in [3.8, 4) is 10.6 Å². The van der Waals surface area contributed by atoms with Crippen molar-refractivity contribution in [1.29, 1.82) is 0 Å². The van der Waals surface area contributed by atoms with E-state index in [1.807, 2.05) is 41.5 Å². The molecule has 0 saturated carbocycles. The second kappa shape index (κ2) is 5.95. The lowest BCUT2D eigenvalue weighted by molar-refractivity contribution is 0.0709. The van der Waals surface area contributed by atoms with E-state index in [-0.39, 0.29) is 5.91 Å². The third-order valence-corrected chi connectivity index (χ3v) is 4.64. The first-order valence-electron chi connectivity index (χ1n) is 7.19. The van der Waals surface area contributed by atoms with Gasteiger partial charge >= 0.3 is 0 Å². The zero-order valence-corrected chi connectivity index (χ0v) is 13.1. The predicted molar refractivity (Wildman–Crippen MR) is 85.7 cm³/mol. The molecule has 1 aliphatic rings. The summed E-state index contributed by atoms with van der Waals surface area (Å²) < 4.78 is 0. The normalized spacial score (nSPS) is 18.8. The van der Waals surface area contributed by atoms with Crippen LogP contribution in [-0.4, -0.2) is 41.5 Å². The summed E-state index contributed by atoms with van der Waals surface area (Å²) in [6.45, 7) is 6.48. The monoisotopic (exact) mass is 301 g/mol. The number of hydrogen-bond donors (Lipinski definition) is 1. The van der Waals surface area contributed by atoms with Crippen molar-refractivity contribution >= 4 is 17.2 Å². The van der Waals surface area contributed by atoms with Crippen molar-refractivity contribution in [3.05, 3.63) is 40.9 Å². The Morgan fingerprint density at radius 2 is 2.33 bits per heavy atom. The van der Waals surface area contributed by atoms with Gasteiger partial charge in [-0.2, -0.15) is 0 Å². The second-order valence-corrected chi connectivity index (χ2v) is 6.34. The number of rotatable bonds is 2. The lowest BCUT2D eigenvalue weighted by atomic mass is 10.1. The first kappa shape index (κ1) is 14.2. The number of benzene rings is 1. The molecule has 2 aromatic rings. The first-order valence-corrected chi connectivity index (χ1v) is 8.06. The molecule has 1 aliphatic heterocycles. The van der Waals surface area contributed by atoms with Gasteiger partial charge in [0.1, 0.15) is 5.01 Å². The number of carbonyl (C=O) groups is 1. The number of aryl methyl sites for hydroxylation is 1. The first-order chi connectivity index (χ1) is 10.1. The molecule has 1 aromatic heterocycles. The molecular formula is C16H19N3OS. The molecule has 3 rings (SSSR count). The number of nitrogens with zero attached hydrogens (tertiary/aromatic N) is 2. The minimum atomic E-state index is 0.110. The van der Waals surface area contributed by atoms with Gasteiger partial charge in [-0.25, -0.2) is 4.98 Å². The number of thiazole rings is 1.